The van der Waals surface area contributed by atoms with Crippen molar-refractivity contribution in [2.75, 3.05) is 19.6 Å². The van der Waals surface area contributed by atoms with Crippen LogP contribution in [-0.4, -0.2) is 45.3 Å². The second kappa shape index (κ2) is 7.47. The first-order chi connectivity index (χ1) is 11.7. The zero-order chi connectivity index (χ0) is 16.9. The number of nitrogens with one attached hydrogen (secondary N) is 1. The van der Waals surface area contributed by atoms with E-state index in [0.717, 1.165) is 43.7 Å². The Kier molecular flexibility index (Phi) is 5.13. The molecule has 1 saturated heterocycles. The van der Waals surface area contributed by atoms with E-state index in [0.29, 0.717) is 12.5 Å². The maximum Gasteiger partial charge on any atom is 0.194 e. The first-order valence-corrected chi connectivity index (χ1v) is 8.62. The quantitative estimate of drug-likeness (QED) is 0.690. The van der Waals surface area contributed by atoms with E-state index < -0.39 is 0 Å². The summed E-state index contributed by atoms with van der Waals surface area (Å²) in [6, 6.07) is 10.8. The van der Waals surface area contributed by atoms with Crippen LogP contribution in [0, 0.1) is 6.92 Å². The summed E-state index contributed by atoms with van der Waals surface area (Å²) in [7, 11) is 1.98. The standard InChI is InChI=1S/C18H26N6/c1-4-19-18(20-12-17-22-21-14(2)23(17)3)24-11-10-16(13-24)15-8-6-5-7-9-15/h5-9,16H,4,10-13H2,1-3H3,(H,19,20). The highest BCUT2D eigenvalue weighted by atomic mass is 15.3. The SMILES string of the molecule is CCNC(=NCc1nnc(C)n1C)N1CCC(c2ccccc2)C1. The fourth-order valence-corrected chi connectivity index (χ4v) is 3.11. The molecular formula is C18H26N6. The Bertz CT molecular complexity index is 691. The van der Waals surface area contributed by atoms with E-state index in [1.165, 1.54) is 5.56 Å². The van der Waals surface area contributed by atoms with Gasteiger partial charge in [0.1, 0.15) is 12.4 Å². The largest absolute Gasteiger partial charge is 0.357 e. The van der Waals surface area contributed by atoms with Gasteiger partial charge in [0.05, 0.1) is 0 Å². The summed E-state index contributed by atoms with van der Waals surface area (Å²) in [5, 5.41) is 11.7. The zero-order valence-electron chi connectivity index (χ0n) is 14.7. The number of rotatable bonds is 4. The Hall–Kier alpha value is -2.37. The molecule has 0 spiro atoms. The summed E-state index contributed by atoms with van der Waals surface area (Å²) >= 11 is 0. The number of guanidine groups is 1. The van der Waals surface area contributed by atoms with Crippen LogP contribution in [0.15, 0.2) is 35.3 Å². The number of likely N-dealkylation sites (tertiary alicyclic amines) is 1. The smallest absolute Gasteiger partial charge is 0.194 e. The van der Waals surface area contributed by atoms with Crippen LogP contribution in [0.25, 0.3) is 0 Å². The molecule has 1 aliphatic heterocycles. The maximum absolute atomic E-state index is 4.78. The fraction of sp³-hybridized carbons (Fsp3) is 0.500. The minimum Gasteiger partial charge on any atom is -0.357 e. The zero-order valence-corrected chi connectivity index (χ0v) is 14.7. The normalized spacial score (nSPS) is 18.2. The summed E-state index contributed by atoms with van der Waals surface area (Å²) in [5.74, 6) is 3.35. The number of hydrogen-bond donors (Lipinski definition) is 1. The molecule has 3 rings (SSSR count). The lowest BCUT2D eigenvalue weighted by Gasteiger charge is -2.21. The Morgan fingerprint density at radius 3 is 2.75 bits per heavy atom. The van der Waals surface area contributed by atoms with Crippen molar-refractivity contribution < 1.29 is 0 Å². The van der Waals surface area contributed by atoms with Crippen molar-refractivity contribution in [1.82, 2.24) is 25.0 Å². The van der Waals surface area contributed by atoms with Crippen LogP contribution in [0.5, 0.6) is 0 Å². The van der Waals surface area contributed by atoms with Crippen molar-refractivity contribution in [3.63, 3.8) is 0 Å². The molecule has 1 unspecified atom stereocenters. The van der Waals surface area contributed by atoms with Crippen LogP contribution in [-0.2, 0) is 13.6 Å². The van der Waals surface area contributed by atoms with Gasteiger partial charge in [-0.05, 0) is 25.8 Å². The van der Waals surface area contributed by atoms with E-state index >= 15 is 0 Å². The molecular weight excluding hydrogens is 300 g/mol. The highest BCUT2D eigenvalue weighted by Crippen LogP contribution is 2.26. The molecule has 1 aromatic carbocycles. The van der Waals surface area contributed by atoms with Crippen molar-refractivity contribution in [3.8, 4) is 0 Å². The molecule has 0 saturated carbocycles. The van der Waals surface area contributed by atoms with Crippen LogP contribution >= 0.6 is 0 Å². The van der Waals surface area contributed by atoms with Crippen LogP contribution in [0.1, 0.15) is 36.5 Å². The van der Waals surface area contributed by atoms with Gasteiger partial charge in [0.2, 0.25) is 0 Å². The second-order valence-electron chi connectivity index (χ2n) is 6.23. The second-order valence-corrected chi connectivity index (χ2v) is 6.23. The highest BCUT2D eigenvalue weighted by molar-refractivity contribution is 5.80. The predicted molar refractivity (Wildman–Crippen MR) is 95.9 cm³/mol. The highest BCUT2D eigenvalue weighted by Gasteiger charge is 2.25. The average Bonchev–Trinajstić information content (AvgIpc) is 3.21. The molecule has 1 aromatic heterocycles. The number of aliphatic imine (C=N–C) groups is 1. The van der Waals surface area contributed by atoms with Gasteiger partial charge in [0, 0.05) is 32.6 Å². The molecule has 0 amide bonds. The lowest BCUT2D eigenvalue weighted by Crippen LogP contribution is -2.40. The summed E-state index contributed by atoms with van der Waals surface area (Å²) < 4.78 is 1.99. The van der Waals surface area contributed by atoms with E-state index in [1.54, 1.807) is 0 Å². The number of aromatic nitrogens is 3. The lowest BCUT2D eigenvalue weighted by molar-refractivity contribution is 0.485. The minimum absolute atomic E-state index is 0.548. The Morgan fingerprint density at radius 1 is 1.29 bits per heavy atom. The van der Waals surface area contributed by atoms with Gasteiger partial charge in [-0.1, -0.05) is 30.3 Å². The third-order valence-corrected chi connectivity index (χ3v) is 4.65. The molecule has 128 valence electrons. The van der Waals surface area contributed by atoms with Gasteiger partial charge in [-0.25, -0.2) is 4.99 Å². The van der Waals surface area contributed by atoms with Crippen molar-refractivity contribution in [3.05, 3.63) is 47.5 Å². The minimum atomic E-state index is 0.548. The molecule has 6 heteroatoms. The van der Waals surface area contributed by atoms with Gasteiger partial charge >= 0.3 is 0 Å². The molecule has 0 bridgehead atoms. The van der Waals surface area contributed by atoms with Gasteiger partial charge < -0.3 is 14.8 Å². The molecule has 0 aliphatic carbocycles. The van der Waals surface area contributed by atoms with Gasteiger partial charge in [0.25, 0.3) is 0 Å². The number of hydrogen-bond acceptors (Lipinski definition) is 3. The third kappa shape index (κ3) is 3.58. The maximum atomic E-state index is 4.78. The first kappa shape index (κ1) is 16.5. The topological polar surface area (TPSA) is 58.3 Å². The molecule has 1 fully saturated rings. The van der Waals surface area contributed by atoms with Crippen LogP contribution < -0.4 is 5.32 Å². The average molecular weight is 326 g/mol. The molecule has 2 aromatic rings. The van der Waals surface area contributed by atoms with E-state index in [1.807, 2.05) is 18.5 Å². The molecule has 0 radical (unpaired) electrons. The van der Waals surface area contributed by atoms with E-state index in [9.17, 15) is 0 Å². The summed E-state index contributed by atoms with van der Waals surface area (Å²) in [6.07, 6.45) is 1.16. The summed E-state index contributed by atoms with van der Waals surface area (Å²) in [6.45, 7) is 7.51. The lowest BCUT2D eigenvalue weighted by atomic mass is 9.99. The van der Waals surface area contributed by atoms with E-state index in [2.05, 4.69) is 57.7 Å². The monoisotopic (exact) mass is 326 g/mol. The molecule has 1 atom stereocenters. The number of aryl methyl sites for hydroxylation is 1. The van der Waals surface area contributed by atoms with E-state index in [-0.39, 0.29) is 0 Å². The Balaban J connectivity index is 1.69. The van der Waals surface area contributed by atoms with Crippen molar-refractivity contribution in [1.29, 1.82) is 0 Å². The Labute approximate surface area is 143 Å². The molecule has 1 aliphatic rings. The number of nitrogens with zero attached hydrogens (tertiary/aromatic N) is 5. The Morgan fingerprint density at radius 2 is 2.08 bits per heavy atom. The van der Waals surface area contributed by atoms with Crippen LogP contribution in [0.4, 0.5) is 0 Å². The summed E-state index contributed by atoms with van der Waals surface area (Å²) in [4.78, 5) is 7.13. The summed E-state index contributed by atoms with van der Waals surface area (Å²) in [5.41, 5.74) is 1.42. The van der Waals surface area contributed by atoms with Crippen LogP contribution in [0.3, 0.4) is 0 Å². The molecule has 2 heterocycles. The van der Waals surface area contributed by atoms with Crippen molar-refractivity contribution >= 4 is 5.96 Å². The van der Waals surface area contributed by atoms with E-state index in [4.69, 9.17) is 4.99 Å². The van der Waals surface area contributed by atoms with Gasteiger partial charge in [0.15, 0.2) is 11.8 Å². The van der Waals surface area contributed by atoms with Gasteiger partial charge in [-0.3, -0.25) is 0 Å². The first-order valence-electron chi connectivity index (χ1n) is 8.62. The molecule has 24 heavy (non-hydrogen) atoms. The van der Waals surface area contributed by atoms with Crippen LogP contribution in [0.2, 0.25) is 0 Å². The third-order valence-electron chi connectivity index (χ3n) is 4.65. The van der Waals surface area contributed by atoms with Gasteiger partial charge in [-0.15, -0.1) is 10.2 Å². The molecule has 6 nitrogen and oxygen atoms in total. The fourth-order valence-electron chi connectivity index (χ4n) is 3.11. The van der Waals surface area contributed by atoms with Crippen molar-refractivity contribution in [2.24, 2.45) is 12.0 Å². The predicted octanol–water partition coefficient (Wildman–Crippen LogP) is 2.08. The van der Waals surface area contributed by atoms with Crippen molar-refractivity contribution in [2.45, 2.75) is 32.7 Å². The van der Waals surface area contributed by atoms with Gasteiger partial charge in [-0.2, -0.15) is 0 Å². The molecule has 1 N–H and O–H groups in total. The number of benzene rings is 1.